The molecule has 0 aromatic heterocycles. The Morgan fingerprint density at radius 2 is 1.60 bits per heavy atom. The van der Waals surface area contributed by atoms with Crippen molar-refractivity contribution in [2.75, 3.05) is 40.3 Å². The van der Waals surface area contributed by atoms with Gasteiger partial charge in [-0.05, 0) is 40.9 Å². The molecule has 0 aliphatic carbocycles. The minimum absolute atomic E-state index is 0.0537. The van der Waals surface area contributed by atoms with Crippen LogP contribution in [0.25, 0.3) is 0 Å². The second kappa shape index (κ2) is 14.4. The lowest BCUT2D eigenvalue weighted by Gasteiger charge is -2.47. The first kappa shape index (κ1) is 35.5. The summed E-state index contributed by atoms with van der Waals surface area (Å²) < 4.78 is 52.9. The molecule has 2 atom stereocenters. The number of rotatable bonds is 10. The molecule has 2 amide bonds. The SMILES string of the molecule is CN(CC(CCN1CCC2(CC1)c1ccccc1C[S+]2[O-])(c1ccc(Cl)c(Cl)c1)N(C)C(=O)Cc1ccccc1)C(=O)CC(F)(F)F. The maximum absolute atomic E-state index is 14.0. The predicted octanol–water partition coefficient (Wildman–Crippen LogP) is 6.94. The Hall–Kier alpha value is -2.76. The summed E-state index contributed by atoms with van der Waals surface area (Å²) in [6.45, 7) is 1.57. The normalized spacial score (nSPS) is 18.9. The number of carbonyl (C=O) groups excluding carboxylic acids is 2. The maximum atomic E-state index is 14.0. The summed E-state index contributed by atoms with van der Waals surface area (Å²) in [7, 11) is 2.95. The first-order chi connectivity index (χ1) is 22.2. The van der Waals surface area contributed by atoms with Crippen molar-refractivity contribution in [1.82, 2.24) is 14.7 Å². The highest BCUT2D eigenvalue weighted by Crippen LogP contribution is 2.49. The maximum Gasteiger partial charge on any atom is 0.397 e. The molecule has 47 heavy (non-hydrogen) atoms. The molecule has 1 fully saturated rings. The summed E-state index contributed by atoms with van der Waals surface area (Å²) in [5.41, 5.74) is 2.36. The molecule has 0 N–H and O–H groups in total. The molecule has 3 aromatic carbocycles. The van der Waals surface area contributed by atoms with E-state index in [0.29, 0.717) is 43.8 Å². The molecule has 5 rings (SSSR count). The van der Waals surface area contributed by atoms with Crippen LogP contribution in [0, 0.1) is 0 Å². The van der Waals surface area contributed by atoms with E-state index in [1.165, 1.54) is 7.05 Å². The lowest BCUT2D eigenvalue weighted by molar-refractivity contribution is -0.162. The quantitative estimate of drug-likeness (QED) is 0.214. The van der Waals surface area contributed by atoms with Crippen LogP contribution in [0.5, 0.6) is 0 Å². The number of carbonyl (C=O) groups is 2. The second-order valence-electron chi connectivity index (χ2n) is 12.6. The summed E-state index contributed by atoms with van der Waals surface area (Å²) in [6.07, 6.45) is -4.56. The molecule has 0 bridgehead atoms. The van der Waals surface area contributed by atoms with E-state index in [-0.39, 0.29) is 35.3 Å². The van der Waals surface area contributed by atoms with Crippen LogP contribution in [0.4, 0.5) is 13.2 Å². The summed E-state index contributed by atoms with van der Waals surface area (Å²) in [4.78, 5) is 31.7. The number of likely N-dealkylation sites (tertiary alicyclic amines) is 1. The van der Waals surface area contributed by atoms with Gasteiger partial charge in [-0.3, -0.25) is 9.59 Å². The van der Waals surface area contributed by atoms with Gasteiger partial charge in [0, 0.05) is 64.2 Å². The zero-order chi connectivity index (χ0) is 34.0. The van der Waals surface area contributed by atoms with Gasteiger partial charge in [0.25, 0.3) is 0 Å². The number of amides is 2. The first-order valence-electron chi connectivity index (χ1n) is 15.5. The lowest BCUT2D eigenvalue weighted by atomic mass is 9.82. The molecular weight excluding hydrogens is 670 g/mol. The van der Waals surface area contributed by atoms with Crippen molar-refractivity contribution in [2.24, 2.45) is 0 Å². The van der Waals surface area contributed by atoms with Gasteiger partial charge in [0.15, 0.2) is 4.75 Å². The molecule has 1 spiro atoms. The van der Waals surface area contributed by atoms with E-state index in [1.54, 1.807) is 30.1 Å². The van der Waals surface area contributed by atoms with Crippen LogP contribution < -0.4 is 0 Å². The molecule has 6 nitrogen and oxygen atoms in total. The van der Waals surface area contributed by atoms with Crippen LogP contribution >= 0.6 is 23.2 Å². The highest BCUT2D eigenvalue weighted by molar-refractivity contribution is 7.92. The number of hydrogen-bond acceptors (Lipinski definition) is 4. The fourth-order valence-corrected chi connectivity index (χ4v) is 9.14. The van der Waals surface area contributed by atoms with E-state index in [2.05, 4.69) is 11.0 Å². The smallest absolute Gasteiger partial charge is 0.397 e. The largest absolute Gasteiger partial charge is 0.615 e. The third-order valence-electron chi connectivity index (χ3n) is 9.68. The van der Waals surface area contributed by atoms with Gasteiger partial charge in [-0.2, -0.15) is 13.2 Å². The number of halogens is 5. The van der Waals surface area contributed by atoms with E-state index < -0.39 is 40.0 Å². The van der Waals surface area contributed by atoms with Crippen LogP contribution in [-0.2, 0) is 43.2 Å². The molecule has 0 radical (unpaired) electrons. The van der Waals surface area contributed by atoms with Gasteiger partial charge >= 0.3 is 6.18 Å². The van der Waals surface area contributed by atoms with Crippen LogP contribution in [0.2, 0.25) is 10.0 Å². The molecule has 2 aliphatic rings. The van der Waals surface area contributed by atoms with Crippen LogP contribution in [0.1, 0.15) is 47.9 Å². The Labute approximate surface area is 287 Å². The van der Waals surface area contributed by atoms with Crippen molar-refractivity contribution in [3.05, 3.63) is 105 Å². The molecule has 2 heterocycles. The van der Waals surface area contributed by atoms with Gasteiger partial charge in [-0.15, -0.1) is 0 Å². The fourth-order valence-electron chi connectivity index (χ4n) is 6.95. The molecule has 12 heteroatoms. The third kappa shape index (κ3) is 7.78. The highest BCUT2D eigenvalue weighted by Gasteiger charge is 2.52. The van der Waals surface area contributed by atoms with Gasteiger partial charge in [-0.25, -0.2) is 0 Å². The van der Waals surface area contributed by atoms with Gasteiger partial charge in [0.05, 0.1) is 22.0 Å². The minimum atomic E-state index is -4.69. The fraction of sp³-hybridized carbons (Fsp3) is 0.429. The van der Waals surface area contributed by atoms with Crippen molar-refractivity contribution in [3.63, 3.8) is 0 Å². The Bertz CT molecular complexity index is 1590. The van der Waals surface area contributed by atoms with E-state index in [1.807, 2.05) is 48.5 Å². The van der Waals surface area contributed by atoms with Crippen LogP contribution in [-0.4, -0.2) is 77.5 Å². The molecule has 252 valence electrons. The summed E-state index contributed by atoms with van der Waals surface area (Å²) in [5.74, 6) is -0.828. The lowest BCUT2D eigenvalue weighted by Crippen LogP contribution is -2.56. The first-order valence-corrected chi connectivity index (χ1v) is 17.6. The van der Waals surface area contributed by atoms with Crippen molar-refractivity contribution in [2.45, 2.75) is 54.3 Å². The van der Waals surface area contributed by atoms with Gasteiger partial charge in [-0.1, -0.05) is 83.9 Å². The van der Waals surface area contributed by atoms with E-state index in [4.69, 9.17) is 23.2 Å². The summed E-state index contributed by atoms with van der Waals surface area (Å²) in [6, 6.07) is 22.2. The Morgan fingerprint density at radius 3 is 2.26 bits per heavy atom. The molecular formula is C35H38Cl2F3N3O3S. The zero-order valence-electron chi connectivity index (χ0n) is 26.4. The second-order valence-corrected chi connectivity index (χ2v) is 15.1. The van der Waals surface area contributed by atoms with Crippen molar-refractivity contribution in [1.29, 1.82) is 0 Å². The number of piperidine rings is 1. The van der Waals surface area contributed by atoms with E-state index in [9.17, 15) is 27.3 Å². The summed E-state index contributed by atoms with van der Waals surface area (Å²) in [5, 5.41) is 0.513. The summed E-state index contributed by atoms with van der Waals surface area (Å²) >= 11 is 11.7. The number of hydrogen-bond donors (Lipinski definition) is 0. The minimum Gasteiger partial charge on any atom is -0.615 e. The number of alkyl halides is 3. The van der Waals surface area contributed by atoms with Crippen molar-refractivity contribution in [3.8, 4) is 0 Å². The van der Waals surface area contributed by atoms with E-state index >= 15 is 0 Å². The number of benzene rings is 3. The highest BCUT2D eigenvalue weighted by atomic mass is 35.5. The molecule has 0 saturated carbocycles. The van der Waals surface area contributed by atoms with Gasteiger partial charge in [0.1, 0.15) is 12.2 Å². The standard InChI is InChI=1S/C35H38Cl2F3N3O3S/c1-41(32(45)22-35(38,39)40)24-33(27-12-13-29(36)30(37)21-27,42(2)31(44)20-25-8-4-3-5-9-25)14-17-43-18-15-34(16-19-43)28-11-7-6-10-26(28)23-47(34)46/h3-13,21H,14-20,22-24H2,1-2H3. The Kier molecular flexibility index (Phi) is 10.9. The molecule has 2 aliphatic heterocycles. The Morgan fingerprint density at radius 1 is 0.936 bits per heavy atom. The Balaban J connectivity index is 1.46. The van der Waals surface area contributed by atoms with Crippen molar-refractivity contribution >= 4 is 46.2 Å². The average Bonchev–Trinajstić information content (AvgIpc) is 3.30. The van der Waals surface area contributed by atoms with Crippen LogP contribution in [0.15, 0.2) is 72.8 Å². The number of nitrogens with zero attached hydrogens (tertiary/aromatic N) is 3. The molecule has 2 unspecified atom stereocenters. The van der Waals surface area contributed by atoms with Gasteiger partial charge < -0.3 is 19.3 Å². The van der Waals surface area contributed by atoms with Gasteiger partial charge in [0.2, 0.25) is 11.8 Å². The average molecular weight is 709 g/mol. The molecule has 3 aromatic rings. The van der Waals surface area contributed by atoms with E-state index in [0.717, 1.165) is 21.6 Å². The third-order valence-corrected chi connectivity index (χ3v) is 12.5. The monoisotopic (exact) mass is 707 g/mol. The predicted molar refractivity (Wildman–Crippen MR) is 180 cm³/mol. The topological polar surface area (TPSA) is 66.9 Å². The van der Waals surface area contributed by atoms with Crippen LogP contribution in [0.3, 0.4) is 0 Å². The zero-order valence-corrected chi connectivity index (χ0v) is 28.7. The van der Waals surface area contributed by atoms with Crippen molar-refractivity contribution < 1.29 is 27.3 Å². The molecule has 1 saturated heterocycles. The number of likely N-dealkylation sites (N-methyl/N-ethyl adjacent to an activating group) is 2. The number of fused-ring (bicyclic) bond motifs is 2.